The van der Waals surface area contributed by atoms with Crippen LogP contribution < -0.4 is 16.0 Å². The number of halogens is 1. The zero-order valence-corrected chi connectivity index (χ0v) is 19.0. The quantitative estimate of drug-likeness (QED) is 0.479. The van der Waals surface area contributed by atoms with Gasteiger partial charge in [-0.05, 0) is 55.5 Å². The zero-order valence-electron chi connectivity index (χ0n) is 17.4. The van der Waals surface area contributed by atoms with Crippen molar-refractivity contribution in [2.24, 2.45) is 0 Å². The minimum atomic E-state index is -0.917. The van der Waals surface area contributed by atoms with Gasteiger partial charge in [0.25, 0.3) is 11.8 Å². The van der Waals surface area contributed by atoms with Crippen LogP contribution in [0, 0.1) is 0 Å². The van der Waals surface area contributed by atoms with E-state index in [0.29, 0.717) is 22.8 Å². The number of carbonyl (C=O) groups excluding carboxylic acids is 4. The van der Waals surface area contributed by atoms with Gasteiger partial charge in [0, 0.05) is 16.6 Å². The lowest BCUT2D eigenvalue weighted by Gasteiger charge is -2.22. The van der Waals surface area contributed by atoms with Crippen LogP contribution >= 0.6 is 23.4 Å². The van der Waals surface area contributed by atoms with Crippen molar-refractivity contribution in [3.05, 3.63) is 34.9 Å². The second-order valence-corrected chi connectivity index (χ2v) is 8.70. The molecule has 1 saturated carbocycles. The predicted molar refractivity (Wildman–Crippen MR) is 120 cm³/mol. The highest BCUT2D eigenvalue weighted by molar-refractivity contribution is 7.98. The molecule has 0 aliphatic heterocycles. The highest BCUT2D eigenvalue weighted by Gasteiger charge is 2.24. The Bertz CT molecular complexity index is 769. The number of imide groups is 1. The van der Waals surface area contributed by atoms with Crippen LogP contribution in [0.5, 0.6) is 0 Å². The molecule has 3 N–H and O–H groups in total. The van der Waals surface area contributed by atoms with E-state index >= 15 is 0 Å². The van der Waals surface area contributed by atoms with Crippen LogP contribution in [-0.2, 0) is 14.3 Å². The Labute approximate surface area is 191 Å². The van der Waals surface area contributed by atoms with E-state index in [9.17, 15) is 19.2 Å². The summed E-state index contributed by atoms with van der Waals surface area (Å²) in [5, 5.41) is 8.04. The maximum absolute atomic E-state index is 12.4. The summed E-state index contributed by atoms with van der Waals surface area (Å²) >= 11 is 7.34. The monoisotopic (exact) mass is 469 g/mol. The number of carbonyl (C=O) groups is 4. The van der Waals surface area contributed by atoms with Crippen molar-refractivity contribution in [1.29, 1.82) is 0 Å². The maximum atomic E-state index is 12.4. The van der Waals surface area contributed by atoms with E-state index < -0.39 is 36.5 Å². The van der Waals surface area contributed by atoms with Crippen molar-refractivity contribution in [2.45, 2.75) is 50.6 Å². The largest absolute Gasteiger partial charge is 0.454 e. The van der Waals surface area contributed by atoms with Gasteiger partial charge in [-0.3, -0.25) is 14.9 Å². The van der Waals surface area contributed by atoms with Crippen molar-refractivity contribution in [2.75, 3.05) is 18.6 Å². The molecule has 0 saturated heterocycles. The van der Waals surface area contributed by atoms with Gasteiger partial charge < -0.3 is 15.4 Å². The van der Waals surface area contributed by atoms with E-state index in [1.807, 2.05) is 6.26 Å². The molecule has 1 aromatic rings. The highest BCUT2D eigenvalue weighted by atomic mass is 35.5. The first kappa shape index (κ1) is 25.0. The molecular formula is C21H28ClN3O5S. The standard InChI is InChI=1S/C21H28ClN3O5S/c1-31-12-11-17(24-19(27)14-7-9-15(22)10-8-14)20(28)30-13-18(26)25-21(29)23-16-5-3-2-4-6-16/h7-10,16-17H,2-6,11-13H2,1H3,(H,24,27)(H2,23,25,26,29). The minimum absolute atomic E-state index is 0.0584. The smallest absolute Gasteiger partial charge is 0.329 e. The SMILES string of the molecule is CSCCC(NC(=O)c1ccc(Cl)cc1)C(=O)OCC(=O)NC(=O)NC1CCCCC1. The summed E-state index contributed by atoms with van der Waals surface area (Å²) in [6.45, 7) is -0.608. The third-order valence-corrected chi connectivity index (χ3v) is 5.74. The normalized spacial score (nSPS) is 14.9. The van der Waals surface area contributed by atoms with Crippen LogP contribution in [0.15, 0.2) is 24.3 Å². The number of hydrogen-bond acceptors (Lipinski definition) is 6. The lowest BCUT2D eigenvalue weighted by atomic mass is 9.96. The summed E-state index contributed by atoms with van der Waals surface area (Å²) in [6.07, 6.45) is 7.25. The Morgan fingerprint density at radius 1 is 1.13 bits per heavy atom. The van der Waals surface area contributed by atoms with Gasteiger partial charge in [-0.25, -0.2) is 9.59 Å². The van der Waals surface area contributed by atoms with Crippen LogP contribution in [0.2, 0.25) is 5.02 Å². The van der Waals surface area contributed by atoms with Crippen LogP contribution in [0.3, 0.4) is 0 Å². The number of rotatable bonds is 9. The van der Waals surface area contributed by atoms with Crippen molar-refractivity contribution in [1.82, 2.24) is 16.0 Å². The fraction of sp³-hybridized carbons (Fsp3) is 0.524. The number of urea groups is 1. The van der Waals surface area contributed by atoms with Gasteiger partial charge in [-0.2, -0.15) is 11.8 Å². The molecule has 0 radical (unpaired) electrons. The Kier molecular flexibility index (Phi) is 10.7. The molecule has 1 aromatic carbocycles. The van der Waals surface area contributed by atoms with Gasteiger partial charge >= 0.3 is 12.0 Å². The van der Waals surface area contributed by atoms with Crippen LogP contribution in [0.1, 0.15) is 48.9 Å². The molecule has 0 spiro atoms. The topological polar surface area (TPSA) is 114 Å². The summed E-state index contributed by atoms with van der Waals surface area (Å²) in [4.78, 5) is 48.7. The number of benzene rings is 1. The van der Waals surface area contributed by atoms with Gasteiger partial charge in [-0.1, -0.05) is 30.9 Å². The Morgan fingerprint density at radius 3 is 2.45 bits per heavy atom. The highest BCUT2D eigenvalue weighted by Crippen LogP contribution is 2.17. The summed E-state index contributed by atoms with van der Waals surface area (Å²) in [7, 11) is 0. The number of hydrogen-bond donors (Lipinski definition) is 3. The molecule has 1 atom stereocenters. The van der Waals surface area contributed by atoms with E-state index in [-0.39, 0.29) is 6.04 Å². The van der Waals surface area contributed by atoms with E-state index in [1.165, 1.54) is 11.8 Å². The molecule has 0 bridgehead atoms. The first-order valence-electron chi connectivity index (χ1n) is 10.2. The summed E-state index contributed by atoms with van der Waals surface area (Å²) in [5.74, 6) is -1.30. The summed E-state index contributed by atoms with van der Waals surface area (Å²) in [5.41, 5.74) is 0.350. The molecule has 1 fully saturated rings. The van der Waals surface area contributed by atoms with Gasteiger partial charge in [0.05, 0.1) is 0 Å². The lowest BCUT2D eigenvalue weighted by Crippen LogP contribution is -2.47. The number of thioether (sulfide) groups is 1. The molecule has 1 aliphatic carbocycles. The average Bonchev–Trinajstić information content (AvgIpc) is 2.75. The maximum Gasteiger partial charge on any atom is 0.329 e. The van der Waals surface area contributed by atoms with E-state index in [2.05, 4.69) is 16.0 Å². The fourth-order valence-electron chi connectivity index (χ4n) is 3.20. The Balaban J connectivity index is 1.81. The third-order valence-electron chi connectivity index (χ3n) is 4.85. The van der Waals surface area contributed by atoms with Crippen LogP contribution in [-0.4, -0.2) is 54.5 Å². The number of amides is 4. The minimum Gasteiger partial charge on any atom is -0.454 e. The van der Waals surface area contributed by atoms with Gasteiger partial charge in [0.15, 0.2) is 6.61 Å². The molecule has 8 nitrogen and oxygen atoms in total. The number of nitrogens with one attached hydrogen (secondary N) is 3. The molecule has 31 heavy (non-hydrogen) atoms. The number of ether oxygens (including phenoxy) is 1. The Hall–Kier alpha value is -2.26. The Morgan fingerprint density at radius 2 is 1.81 bits per heavy atom. The molecule has 170 valence electrons. The molecule has 0 aromatic heterocycles. The van der Waals surface area contributed by atoms with E-state index in [0.717, 1.165) is 32.1 Å². The molecular weight excluding hydrogens is 442 g/mol. The molecule has 1 aliphatic rings. The zero-order chi connectivity index (χ0) is 22.6. The summed E-state index contributed by atoms with van der Waals surface area (Å²) < 4.78 is 5.03. The van der Waals surface area contributed by atoms with Crippen LogP contribution in [0.25, 0.3) is 0 Å². The number of esters is 1. The second kappa shape index (κ2) is 13.2. The van der Waals surface area contributed by atoms with Crippen molar-refractivity contribution in [3.63, 3.8) is 0 Å². The van der Waals surface area contributed by atoms with E-state index in [1.54, 1.807) is 24.3 Å². The van der Waals surface area contributed by atoms with Crippen molar-refractivity contribution in [3.8, 4) is 0 Å². The molecule has 2 rings (SSSR count). The second-order valence-electron chi connectivity index (χ2n) is 7.28. The van der Waals surface area contributed by atoms with Gasteiger partial charge in [-0.15, -0.1) is 0 Å². The van der Waals surface area contributed by atoms with Gasteiger partial charge in [0.1, 0.15) is 6.04 Å². The molecule has 10 heteroatoms. The molecule has 0 heterocycles. The van der Waals surface area contributed by atoms with Crippen molar-refractivity contribution < 1.29 is 23.9 Å². The molecule has 1 unspecified atom stereocenters. The van der Waals surface area contributed by atoms with Crippen LogP contribution in [0.4, 0.5) is 4.79 Å². The van der Waals surface area contributed by atoms with Crippen molar-refractivity contribution >= 4 is 47.2 Å². The fourth-order valence-corrected chi connectivity index (χ4v) is 3.79. The summed E-state index contributed by atoms with van der Waals surface area (Å²) in [6, 6.07) is 4.80. The van der Waals surface area contributed by atoms with E-state index in [4.69, 9.17) is 16.3 Å². The average molecular weight is 470 g/mol. The predicted octanol–water partition coefficient (Wildman–Crippen LogP) is 2.89. The first-order chi connectivity index (χ1) is 14.9. The first-order valence-corrected chi connectivity index (χ1v) is 12.0. The molecule has 4 amide bonds. The van der Waals surface area contributed by atoms with Gasteiger partial charge in [0.2, 0.25) is 0 Å². The third kappa shape index (κ3) is 9.18. The lowest BCUT2D eigenvalue weighted by molar-refractivity contribution is -0.150.